The Morgan fingerprint density at radius 3 is 2.88 bits per heavy atom. The normalized spacial score (nSPS) is 10.4. The number of hydrogen-bond donors (Lipinski definition) is 1. The van der Waals surface area contributed by atoms with Gasteiger partial charge < -0.3 is 15.0 Å². The Kier molecular flexibility index (Phi) is 3.67. The lowest BCUT2D eigenvalue weighted by atomic mass is 10.2. The van der Waals surface area contributed by atoms with E-state index in [2.05, 4.69) is 20.3 Å². The number of anilines is 1. The summed E-state index contributed by atoms with van der Waals surface area (Å²) < 4.78 is 21.5. The lowest BCUT2D eigenvalue weighted by molar-refractivity contribution is 0.0593. The minimum atomic E-state index is -0.791. The summed E-state index contributed by atoms with van der Waals surface area (Å²) in [4.78, 5) is 12.0. The summed E-state index contributed by atoms with van der Waals surface area (Å²) in [6, 6.07) is 5.92. The number of aromatic nitrogens is 5. The van der Waals surface area contributed by atoms with E-state index in [0.717, 1.165) is 0 Å². The van der Waals surface area contributed by atoms with Gasteiger partial charge in [-0.2, -0.15) is 5.26 Å². The van der Waals surface area contributed by atoms with Crippen molar-refractivity contribution in [2.45, 2.75) is 0 Å². The van der Waals surface area contributed by atoms with Gasteiger partial charge in [-0.1, -0.05) is 0 Å². The fourth-order valence-electron chi connectivity index (χ4n) is 2.21. The fraction of sp³-hybridized carbons (Fsp3) is 0.0714. The van der Waals surface area contributed by atoms with Crippen molar-refractivity contribution in [1.29, 1.82) is 5.26 Å². The van der Waals surface area contributed by atoms with Crippen molar-refractivity contribution in [2.24, 2.45) is 0 Å². The largest absolute Gasteiger partial charge is 0.464 e. The Morgan fingerprint density at radius 1 is 1.46 bits per heavy atom. The third kappa shape index (κ3) is 2.34. The number of esters is 1. The first kappa shape index (κ1) is 15.2. The van der Waals surface area contributed by atoms with Gasteiger partial charge in [-0.15, -0.1) is 5.10 Å². The van der Waals surface area contributed by atoms with Gasteiger partial charge in [0.25, 0.3) is 0 Å². The molecule has 3 rings (SSSR count). The molecule has 120 valence electrons. The van der Waals surface area contributed by atoms with Gasteiger partial charge in [-0.25, -0.2) is 13.9 Å². The Balaban J connectivity index is 2.24. The van der Waals surface area contributed by atoms with Gasteiger partial charge in [0.05, 0.1) is 29.7 Å². The molecule has 0 bridgehead atoms. The SMILES string of the molecule is COC(=O)c1c(N)c(C#N)cn1-c1cc(-n2cnnn2)ccc1F. The van der Waals surface area contributed by atoms with Gasteiger partial charge in [-0.05, 0) is 28.6 Å². The van der Waals surface area contributed by atoms with Crippen LogP contribution < -0.4 is 5.73 Å². The molecule has 3 aromatic rings. The number of hydrogen-bond acceptors (Lipinski definition) is 7. The highest BCUT2D eigenvalue weighted by atomic mass is 19.1. The Hall–Kier alpha value is -3.74. The summed E-state index contributed by atoms with van der Waals surface area (Å²) in [5.41, 5.74) is 6.07. The van der Waals surface area contributed by atoms with E-state index in [1.807, 2.05) is 6.07 Å². The molecule has 10 heteroatoms. The highest BCUT2D eigenvalue weighted by Crippen LogP contribution is 2.27. The first-order chi connectivity index (χ1) is 11.6. The molecule has 9 nitrogen and oxygen atoms in total. The van der Waals surface area contributed by atoms with Gasteiger partial charge in [0.15, 0.2) is 5.69 Å². The van der Waals surface area contributed by atoms with Crippen LogP contribution in [0.15, 0.2) is 30.7 Å². The molecule has 2 heterocycles. The molecule has 0 saturated carbocycles. The number of benzene rings is 1. The molecule has 0 aliphatic carbocycles. The van der Waals surface area contributed by atoms with Crippen LogP contribution in [0.3, 0.4) is 0 Å². The minimum absolute atomic E-state index is 0.00315. The zero-order chi connectivity index (χ0) is 17.3. The maximum Gasteiger partial charge on any atom is 0.357 e. The average molecular weight is 327 g/mol. The Bertz CT molecular complexity index is 956. The second-order valence-electron chi connectivity index (χ2n) is 4.67. The number of nitrogens with two attached hydrogens (primary N) is 1. The number of carbonyl (C=O) groups excluding carboxylic acids is 1. The summed E-state index contributed by atoms with van der Waals surface area (Å²) in [5, 5.41) is 19.8. The van der Waals surface area contributed by atoms with E-state index in [4.69, 9.17) is 11.0 Å². The van der Waals surface area contributed by atoms with Crippen molar-refractivity contribution in [1.82, 2.24) is 24.8 Å². The molecule has 0 fully saturated rings. The number of tetrazole rings is 1. The monoisotopic (exact) mass is 327 g/mol. The van der Waals surface area contributed by atoms with Crippen LogP contribution in [0, 0.1) is 17.1 Å². The Morgan fingerprint density at radius 2 is 2.25 bits per heavy atom. The number of methoxy groups -OCH3 is 1. The fourth-order valence-corrected chi connectivity index (χ4v) is 2.21. The average Bonchev–Trinajstić information content (AvgIpc) is 3.22. The van der Waals surface area contributed by atoms with Gasteiger partial charge in [0.1, 0.15) is 18.2 Å². The molecule has 2 N–H and O–H groups in total. The lowest BCUT2D eigenvalue weighted by Gasteiger charge is -2.11. The summed E-state index contributed by atoms with van der Waals surface area (Å²) in [5.74, 6) is -1.42. The van der Waals surface area contributed by atoms with Crippen molar-refractivity contribution in [3.8, 4) is 17.4 Å². The number of halogens is 1. The van der Waals surface area contributed by atoms with E-state index in [1.165, 1.54) is 47.1 Å². The smallest absolute Gasteiger partial charge is 0.357 e. The highest BCUT2D eigenvalue weighted by molar-refractivity contribution is 5.96. The maximum absolute atomic E-state index is 14.3. The predicted molar refractivity (Wildman–Crippen MR) is 78.9 cm³/mol. The number of carbonyl (C=O) groups is 1. The third-order valence-electron chi connectivity index (χ3n) is 3.35. The van der Waals surface area contributed by atoms with Crippen LogP contribution in [0.4, 0.5) is 10.1 Å². The quantitative estimate of drug-likeness (QED) is 0.706. The zero-order valence-electron chi connectivity index (χ0n) is 12.3. The predicted octanol–water partition coefficient (Wildman–Crippen LogP) is 0.833. The van der Waals surface area contributed by atoms with Gasteiger partial charge in [0, 0.05) is 6.20 Å². The van der Waals surface area contributed by atoms with Crippen molar-refractivity contribution in [2.75, 3.05) is 12.8 Å². The molecule has 0 unspecified atom stereocenters. The minimum Gasteiger partial charge on any atom is -0.464 e. The van der Waals surface area contributed by atoms with E-state index in [9.17, 15) is 9.18 Å². The molecule has 2 aromatic heterocycles. The molecule has 0 saturated heterocycles. The molecule has 24 heavy (non-hydrogen) atoms. The maximum atomic E-state index is 14.3. The summed E-state index contributed by atoms with van der Waals surface area (Å²) >= 11 is 0. The summed E-state index contributed by atoms with van der Waals surface area (Å²) in [6.07, 6.45) is 2.60. The number of ether oxygens (including phenoxy) is 1. The topological polar surface area (TPSA) is 125 Å². The van der Waals surface area contributed by atoms with Crippen LogP contribution in [-0.4, -0.2) is 37.9 Å². The molecule has 0 amide bonds. The third-order valence-corrected chi connectivity index (χ3v) is 3.35. The summed E-state index contributed by atoms with van der Waals surface area (Å²) in [6.45, 7) is 0. The number of nitrogens with zero attached hydrogens (tertiary/aromatic N) is 6. The first-order valence-electron chi connectivity index (χ1n) is 6.59. The van der Waals surface area contributed by atoms with Crippen molar-refractivity contribution >= 4 is 11.7 Å². The lowest BCUT2D eigenvalue weighted by Crippen LogP contribution is -2.12. The number of nitrogen functional groups attached to an aromatic ring is 1. The van der Waals surface area contributed by atoms with Crippen molar-refractivity contribution in [3.63, 3.8) is 0 Å². The molecule has 0 spiro atoms. The summed E-state index contributed by atoms with van der Waals surface area (Å²) in [7, 11) is 1.17. The standard InChI is InChI=1S/C14H10FN7O2/c1-24-14(23)13-12(17)8(5-16)6-21(13)11-4-9(2-3-10(11)15)22-7-18-19-20-22/h2-4,6-7H,17H2,1H3. The van der Waals surface area contributed by atoms with Crippen LogP contribution in [0.1, 0.15) is 16.1 Å². The molecular weight excluding hydrogens is 317 g/mol. The van der Waals surface area contributed by atoms with E-state index in [-0.39, 0.29) is 22.6 Å². The molecule has 0 radical (unpaired) electrons. The molecule has 1 aromatic carbocycles. The molecular formula is C14H10FN7O2. The molecule has 0 aliphatic rings. The van der Waals surface area contributed by atoms with E-state index in [1.54, 1.807) is 0 Å². The molecule has 0 atom stereocenters. The van der Waals surface area contributed by atoms with E-state index >= 15 is 0 Å². The van der Waals surface area contributed by atoms with Crippen LogP contribution in [0.2, 0.25) is 0 Å². The van der Waals surface area contributed by atoms with Crippen molar-refractivity contribution < 1.29 is 13.9 Å². The highest BCUT2D eigenvalue weighted by Gasteiger charge is 2.23. The van der Waals surface area contributed by atoms with E-state index in [0.29, 0.717) is 5.69 Å². The van der Waals surface area contributed by atoms with E-state index < -0.39 is 11.8 Å². The number of rotatable bonds is 3. The zero-order valence-corrected chi connectivity index (χ0v) is 12.3. The second kappa shape index (κ2) is 5.81. The van der Waals surface area contributed by atoms with Crippen LogP contribution >= 0.6 is 0 Å². The van der Waals surface area contributed by atoms with Crippen LogP contribution in [0.5, 0.6) is 0 Å². The van der Waals surface area contributed by atoms with Gasteiger partial charge in [-0.3, -0.25) is 0 Å². The van der Waals surface area contributed by atoms with Gasteiger partial charge >= 0.3 is 5.97 Å². The molecule has 0 aliphatic heterocycles. The first-order valence-corrected chi connectivity index (χ1v) is 6.59. The van der Waals surface area contributed by atoms with Crippen molar-refractivity contribution in [3.05, 3.63) is 47.8 Å². The van der Waals surface area contributed by atoms with Crippen LogP contribution in [0.25, 0.3) is 11.4 Å². The number of nitriles is 1. The van der Waals surface area contributed by atoms with Crippen LogP contribution in [-0.2, 0) is 4.74 Å². The van der Waals surface area contributed by atoms with Gasteiger partial charge in [0.2, 0.25) is 0 Å². The second-order valence-corrected chi connectivity index (χ2v) is 4.67. The Labute approximate surface area is 134 Å².